The van der Waals surface area contributed by atoms with E-state index in [1.807, 2.05) is 39.3 Å². The minimum Gasteiger partial charge on any atom is -0.466 e. The summed E-state index contributed by atoms with van der Waals surface area (Å²) >= 11 is 3.66. The highest BCUT2D eigenvalue weighted by atomic mass is 127. The van der Waals surface area contributed by atoms with Crippen LogP contribution < -0.4 is 10.7 Å². The van der Waals surface area contributed by atoms with Gasteiger partial charge in [0.05, 0.1) is 18.7 Å². The van der Waals surface area contributed by atoms with Crippen molar-refractivity contribution in [3.05, 3.63) is 62.5 Å². The first-order chi connectivity index (χ1) is 20.5. The van der Waals surface area contributed by atoms with Gasteiger partial charge >= 0.3 is 5.97 Å². The van der Waals surface area contributed by atoms with Gasteiger partial charge in [0.1, 0.15) is 11.9 Å². The molecule has 0 bridgehead atoms. The van der Waals surface area contributed by atoms with Gasteiger partial charge in [0.15, 0.2) is 10.8 Å². The maximum atomic E-state index is 14.1. The molecule has 2 N–H and O–H groups in total. The molecule has 2 aromatic rings. The predicted molar refractivity (Wildman–Crippen MR) is 180 cm³/mol. The summed E-state index contributed by atoms with van der Waals surface area (Å²) in [5.41, 5.74) is 6.41. The van der Waals surface area contributed by atoms with E-state index in [9.17, 15) is 14.0 Å². The number of methoxy groups -OCH3 is 1. The summed E-state index contributed by atoms with van der Waals surface area (Å²) in [6.45, 7) is 8.78. The number of aliphatic imine (C=N–C) groups is 1. The standard InChI is InChI=1S/C29H37FN6O3S.CH3IS/c1-16(2)36(31-5)27(37)22-12-29(9-10-29)15-35(22)13-21-23(28(38)39-6)24(20-8-7-19(30)11-17(20)3)34-25(33-21)26-32-18(4)14-40-26;1-3-2/h7-8,11,14,16,22,24,31H,9-10,12-13,15H2,1-6H3,(H,33,34);1H3/t22?,24-;/m0./s1. The van der Waals surface area contributed by atoms with Crippen molar-refractivity contribution in [3.63, 3.8) is 0 Å². The number of amides is 1. The summed E-state index contributed by atoms with van der Waals surface area (Å²) in [6.07, 6.45) is 4.99. The van der Waals surface area contributed by atoms with E-state index >= 15 is 0 Å². The number of nitrogens with zero attached hydrogens (tertiary/aromatic N) is 4. The Morgan fingerprint density at radius 2 is 2.05 bits per heavy atom. The maximum Gasteiger partial charge on any atom is 0.338 e. The lowest BCUT2D eigenvalue weighted by Gasteiger charge is -2.34. The summed E-state index contributed by atoms with van der Waals surface area (Å²) < 4.78 is 19.3. The number of carbonyl (C=O) groups excluding carboxylic acids is 2. The van der Waals surface area contributed by atoms with Gasteiger partial charge in [0.2, 0.25) is 0 Å². The van der Waals surface area contributed by atoms with Gasteiger partial charge < -0.3 is 10.1 Å². The molecule has 1 aromatic carbocycles. The van der Waals surface area contributed by atoms with Crippen molar-refractivity contribution < 1.29 is 18.7 Å². The zero-order valence-electron chi connectivity index (χ0n) is 25.7. The Bertz CT molecular complexity index is 1410. The third-order valence-corrected chi connectivity index (χ3v) is 9.05. The molecular formula is C30H40FIN6O3S2. The van der Waals surface area contributed by atoms with Gasteiger partial charge in [-0.25, -0.2) is 19.6 Å². The van der Waals surface area contributed by atoms with Gasteiger partial charge in [-0.2, -0.15) is 0 Å². The normalized spacial score (nSPS) is 20.8. The quantitative estimate of drug-likeness (QED) is 0.213. The Balaban J connectivity index is 0.00000135. The highest BCUT2D eigenvalue weighted by molar-refractivity contribution is 14.2. The number of hydrogen-bond donors (Lipinski definition) is 2. The second kappa shape index (κ2) is 14.4. The van der Waals surface area contributed by atoms with Crippen molar-refractivity contribution in [2.75, 3.05) is 33.5 Å². The third kappa shape index (κ3) is 7.60. The SMILES string of the molecule is CNN(C(=O)C1CC2(CC2)CN1CC1=C(C(=O)OC)[C@H](c2ccc(F)cc2C)N=C(c2nc(C)cs2)N1)C(C)C.CSI. The molecule has 2 atom stereocenters. The molecule has 9 nitrogen and oxygen atoms in total. The number of halogens is 2. The fraction of sp³-hybridized carbons (Fsp3) is 0.533. The fourth-order valence-corrected chi connectivity index (χ4v) is 6.64. The van der Waals surface area contributed by atoms with Crippen molar-refractivity contribution in [2.24, 2.45) is 10.4 Å². The number of thiazole rings is 1. The average Bonchev–Trinajstić information content (AvgIpc) is 3.40. The molecule has 2 fully saturated rings. The molecule has 2 aliphatic heterocycles. The van der Waals surface area contributed by atoms with Crippen molar-refractivity contribution in [3.8, 4) is 0 Å². The van der Waals surface area contributed by atoms with Crippen LogP contribution in [0.15, 0.2) is 39.8 Å². The van der Waals surface area contributed by atoms with Gasteiger partial charge in [-0.15, -0.1) is 11.3 Å². The minimum absolute atomic E-state index is 0.00883. The van der Waals surface area contributed by atoms with Crippen LogP contribution in [0.5, 0.6) is 0 Å². The van der Waals surface area contributed by atoms with Gasteiger partial charge in [-0.1, -0.05) is 15.0 Å². The minimum atomic E-state index is -0.723. The molecule has 1 aromatic heterocycles. The van der Waals surface area contributed by atoms with Crippen LogP contribution in [0.3, 0.4) is 0 Å². The smallest absolute Gasteiger partial charge is 0.338 e. The number of amidine groups is 1. The lowest BCUT2D eigenvalue weighted by molar-refractivity contribution is -0.140. The number of esters is 1. The van der Waals surface area contributed by atoms with Gasteiger partial charge in [0.25, 0.3) is 5.91 Å². The molecule has 1 amide bonds. The van der Waals surface area contributed by atoms with Gasteiger partial charge in [0, 0.05) is 43.0 Å². The molecule has 234 valence electrons. The molecule has 1 saturated carbocycles. The predicted octanol–water partition coefficient (Wildman–Crippen LogP) is 5.34. The number of nitrogens with one attached hydrogen (secondary N) is 2. The summed E-state index contributed by atoms with van der Waals surface area (Å²) in [4.78, 5) is 38.9. The van der Waals surface area contributed by atoms with E-state index in [1.165, 1.54) is 30.6 Å². The molecule has 1 spiro atoms. The molecule has 13 heteroatoms. The van der Waals surface area contributed by atoms with Crippen molar-refractivity contribution >= 4 is 59.2 Å². The van der Waals surface area contributed by atoms with Crippen LogP contribution in [0.2, 0.25) is 0 Å². The number of carbonyl (C=O) groups is 2. The Kier molecular flexibility index (Phi) is 11.3. The fourth-order valence-electron chi connectivity index (χ4n) is 5.89. The molecule has 5 rings (SSSR count). The number of hydrogen-bond acceptors (Lipinski definition) is 10. The lowest BCUT2D eigenvalue weighted by atomic mass is 9.92. The van der Waals surface area contributed by atoms with Crippen LogP contribution in [-0.2, 0) is 14.3 Å². The molecule has 0 radical (unpaired) electrons. The number of benzene rings is 1. The molecule has 43 heavy (non-hydrogen) atoms. The van der Waals surface area contributed by atoms with Crippen LogP contribution >= 0.6 is 41.5 Å². The number of aromatic nitrogens is 1. The zero-order chi connectivity index (χ0) is 31.5. The van der Waals surface area contributed by atoms with Gasteiger partial charge in [-0.05, 0) is 103 Å². The van der Waals surface area contributed by atoms with E-state index in [0.717, 1.165) is 31.5 Å². The first-order valence-electron chi connectivity index (χ1n) is 14.2. The van der Waals surface area contributed by atoms with E-state index in [-0.39, 0.29) is 29.2 Å². The first kappa shape index (κ1) is 33.8. The number of likely N-dealkylation sites (tertiary alicyclic amines) is 1. The molecule has 1 aliphatic carbocycles. The number of rotatable bonds is 8. The van der Waals surface area contributed by atoms with Crippen molar-refractivity contribution in [1.29, 1.82) is 0 Å². The van der Waals surface area contributed by atoms with Crippen LogP contribution in [-0.4, -0.2) is 78.2 Å². The zero-order valence-corrected chi connectivity index (χ0v) is 29.5. The topological polar surface area (TPSA) is 99.2 Å². The van der Waals surface area contributed by atoms with E-state index in [1.54, 1.807) is 27.1 Å². The third-order valence-electron chi connectivity index (χ3n) is 8.08. The maximum absolute atomic E-state index is 14.1. The molecular weight excluding hydrogens is 702 g/mol. The van der Waals surface area contributed by atoms with E-state index in [2.05, 4.69) is 41.8 Å². The number of hydrazine groups is 1. The lowest BCUT2D eigenvalue weighted by Crippen LogP contribution is -2.54. The van der Waals surface area contributed by atoms with Crippen molar-refractivity contribution in [1.82, 2.24) is 25.6 Å². The Labute approximate surface area is 273 Å². The molecule has 1 unspecified atom stereocenters. The molecule has 3 aliphatic rings. The van der Waals surface area contributed by atoms with E-state index < -0.39 is 12.0 Å². The second-order valence-electron chi connectivity index (χ2n) is 11.5. The van der Waals surface area contributed by atoms with E-state index in [4.69, 9.17) is 9.73 Å². The van der Waals surface area contributed by atoms with Crippen LogP contribution in [0.1, 0.15) is 61.0 Å². The number of aryl methyl sites for hydroxylation is 2. The first-order valence-corrected chi connectivity index (χ1v) is 18.9. The monoisotopic (exact) mass is 742 g/mol. The van der Waals surface area contributed by atoms with Crippen molar-refractivity contribution in [2.45, 2.75) is 65.1 Å². The van der Waals surface area contributed by atoms with E-state index in [0.29, 0.717) is 39.8 Å². The van der Waals surface area contributed by atoms with Crippen LogP contribution in [0.4, 0.5) is 4.39 Å². The highest BCUT2D eigenvalue weighted by Gasteiger charge is 2.55. The number of ether oxygens (including phenoxy) is 1. The second-order valence-corrected chi connectivity index (χ2v) is 15.3. The average molecular weight is 743 g/mol. The van der Waals surface area contributed by atoms with Crippen LogP contribution in [0, 0.1) is 25.1 Å². The summed E-state index contributed by atoms with van der Waals surface area (Å²) in [5, 5.41) is 7.72. The Hall–Kier alpha value is -2.07. The molecule has 3 heterocycles. The van der Waals surface area contributed by atoms with Crippen LogP contribution in [0.25, 0.3) is 0 Å². The Morgan fingerprint density at radius 1 is 1.35 bits per heavy atom. The summed E-state index contributed by atoms with van der Waals surface area (Å²) in [7, 11) is 4.83. The Morgan fingerprint density at radius 3 is 2.58 bits per heavy atom. The largest absolute Gasteiger partial charge is 0.466 e. The van der Waals surface area contributed by atoms with Gasteiger partial charge in [-0.3, -0.25) is 19.7 Å². The summed E-state index contributed by atoms with van der Waals surface area (Å²) in [5.74, 6) is -0.313. The summed E-state index contributed by atoms with van der Waals surface area (Å²) in [6, 6.07) is 3.43. The highest BCUT2D eigenvalue weighted by Crippen LogP contribution is 2.55. The molecule has 1 saturated heterocycles.